The van der Waals surface area contributed by atoms with E-state index in [1.54, 1.807) is 0 Å². The fourth-order valence-corrected chi connectivity index (χ4v) is 3.51. The van der Waals surface area contributed by atoms with Crippen LogP contribution in [0.1, 0.15) is 40.9 Å². The number of nitrogens with one attached hydrogen (secondary N) is 1. The molecule has 0 radical (unpaired) electrons. The summed E-state index contributed by atoms with van der Waals surface area (Å²) < 4.78 is 5.79. The van der Waals surface area contributed by atoms with Gasteiger partial charge in [0.05, 0.1) is 12.2 Å². The SMILES string of the molecule is CC1CN(Cc2ccc(CNC(=O)c3ccc(CN)cc3)cc2)CC(C)O1. The van der Waals surface area contributed by atoms with Crippen LogP contribution in [0.4, 0.5) is 0 Å². The molecule has 1 aliphatic heterocycles. The lowest BCUT2D eigenvalue weighted by Crippen LogP contribution is -2.44. The highest BCUT2D eigenvalue weighted by molar-refractivity contribution is 5.94. The van der Waals surface area contributed by atoms with Gasteiger partial charge in [0.25, 0.3) is 5.91 Å². The zero-order valence-corrected chi connectivity index (χ0v) is 16.2. The molecule has 1 saturated heterocycles. The standard InChI is InChI=1S/C22H29N3O2/c1-16-13-25(14-17(2)27-16)15-20-5-3-19(4-6-20)12-24-22(26)21-9-7-18(11-23)8-10-21/h3-10,16-17H,11-15,23H2,1-2H3,(H,24,26). The first-order valence-corrected chi connectivity index (χ1v) is 9.56. The topological polar surface area (TPSA) is 67.6 Å². The van der Waals surface area contributed by atoms with E-state index in [1.165, 1.54) is 5.56 Å². The molecule has 5 nitrogen and oxygen atoms in total. The zero-order chi connectivity index (χ0) is 19.2. The molecule has 1 heterocycles. The Morgan fingerprint density at radius 1 is 1.00 bits per heavy atom. The third kappa shape index (κ3) is 5.63. The number of rotatable bonds is 6. The van der Waals surface area contributed by atoms with Crippen LogP contribution in [0, 0.1) is 0 Å². The monoisotopic (exact) mass is 367 g/mol. The van der Waals surface area contributed by atoms with Crippen molar-refractivity contribution in [2.24, 2.45) is 5.73 Å². The molecule has 1 fully saturated rings. The number of carbonyl (C=O) groups excluding carboxylic acids is 1. The summed E-state index contributed by atoms with van der Waals surface area (Å²) in [5.74, 6) is -0.0704. The maximum Gasteiger partial charge on any atom is 0.251 e. The molecular weight excluding hydrogens is 338 g/mol. The molecule has 1 amide bonds. The molecule has 2 unspecified atom stereocenters. The lowest BCUT2D eigenvalue weighted by molar-refractivity contribution is -0.0704. The first-order valence-electron chi connectivity index (χ1n) is 9.56. The molecule has 0 spiro atoms. The fourth-order valence-electron chi connectivity index (χ4n) is 3.51. The van der Waals surface area contributed by atoms with Crippen molar-refractivity contribution in [3.63, 3.8) is 0 Å². The van der Waals surface area contributed by atoms with E-state index >= 15 is 0 Å². The lowest BCUT2D eigenvalue weighted by Gasteiger charge is -2.35. The molecule has 5 heteroatoms. The first-order chi connectivity index (χ1) is 13.0. The van der Waals surface area contributed by atoms with Gasteiger partial charge < -0.3 is 15.8 Å². The Kier molecular flexibility index (Phi) is 6.61. The van der Waals surface area contributed by atoms with Gasteiger partial charge in [-0.2, -0.15) is 0 Å². The predicted octanol–water partition coefficient (Wildman–Crippen LogP) is 2.68. The number of nitrogens with zero attached hydrogens (tertiary/aromatic N) is 1. The Labute approximate surface area is 161 Å². The van der Waals surface area contributed by atoms with Crippen LogP contribution in [0.5, 0.6) is 0 Å². The number of benzene rings is 2. The average molecular weight is 367 g/mol. The van der Waals surface area contributed by atoms with E-state index in [9.17, 15) is 4.79 Å². The maximum absolute atomic E-state index is 12.2. The van der Waals surface area contributed by atoms with Gasteiger partial charge in [0, 0.05) is 38.3 Å². The van der Waals surface area contributed by atoms with Crippen molar-refractivity contribution in [2.45, 2.75) is 45.7 Å². The molecule has 3 N–H and O–H groups in total. The molecule has 144 valence electrons. The number of hydrogen-bond acceptors (Lipinski definition) is 4. The number of carbonyl (C=O) groups is 1. The Balaban J connectivity index is 1.50. The minimum atomic E-state index is -0.0704. The summed E-state index contributed by atoms with van der Waals surface area (Å²) >= 11 is 0. The Morgan fingerprint density at radius 2 is 1.56 bits per heavy atom. The average Bonchev–Trinajstić information content (AvgIpc) is 2.66. The van der Waals surface area contributed by atoms with Gasteiger partial charge in [-0.15, -0.1) is 0 Å². The Hall–Kier alpha value is -2.21. The van der Waals surface area contributed by atoms with Gasteiger partial charge in [-0.1, -0.05) is 36.4 Å². The van der Waals surface area contributed by atoms with Crippen LogP contribution >= 0.6 is 0 Å². The third-order valence-corrected chi connectivity index (χ3v) is 4.83. The highest BCUT2D eigenvalue weighted by atomic mass is 16.5. The summed E-state index contributed by atoms with van der Waals surface area (Å²) in [5, 5.41) is 2.97. The second kappa shape index (κ2) is 9.13. The minimum Gasteiger partial charge on any atom is -0.373 e. The van der Waals surface area contributed by atoms with Crippen LogP contribution in [0.3, 0.4) is 0 Å². The second-order valence-corrected chi connectivity index (χ2v) is 7.35. The molecule has 0 aromatic heterocycles. The number of morpholine rings is 1. The van der Waals surface area contributed by atoms with Crippen molar-refractivity contribution >= 4 is 5.91 Å². The van der Waals surface area contributed by atoms with E-state index in [4.69, 9.17) is 10.5 Å². The number of hydrogen-bond donors (Lipinski definition) is 2. The maximum atomic E-state index is 12.2. The predicted molar refractivity (Wildman–Crippen MR) is 107 cm³/mol. The molecule has 0 saturated carbocycles. The van der Waals surface area contributed by atoms with Gasteiger partial charge in [-0.3, -0.25) is 9.69 Å². The fraction of sp³-hybridized carbons (Fsp3) is 0.409. The summed E-state index contributed by atoms with van der Waals surface area (Å²) in [6, 6.07) is 15.8. The zero-order valence-electron chi connectivity index (χ0n) is 16.2. The number of amides is 1. The molecule has 0 bridgehead atoms. The molecule has 0 aliphatic carbocycles. The van der Waals surface area contributed by atoms with E-state index in [0.29, 0.717) is 18.7 Å². The summed E-state index contributed by atoms with van der Waals surface area (Å²) in [6.07, 6.45) is 0.560. The van der Waals surface area contributed by atoms with Crippen molar-refractivity contribution in [3.05, 3.63) is 70.8 Å². The normalized spacial score (nSPS) is 20.4. The largest absolute Gasteiger partial charge is 0.373 e. The van der Waals surface area contributed by atoms with Crippen molar-refractivity contribution < 1.29 is 9.53 Å². The van der Waals surface area contributed by atoms with Crippen LogP contribution < -0.4 is 11.1 Å². The lowest BCUT2D eigenvalue weighted by atomic mass is 10.1. The van der Waals surface area contributed by atoms with Gasteiger partial charge >= 0.3 is 0 Å². The van der Waals surface area contributed by atoms with Gasteiger partial charge in [-0.05, 0) is 42.7 Å². The molecule has 2 aromatic carbocycles. The summed E-state index contributed by atoms with van der Waals surface area (Å²) in [4.78, 5) is 14.7. The first kappa shape index (κ1) is 19.5. The van der Waals surface area contributed by atoms with Crippen molar-refractivity contribution in [3.8, 4) is 0 Å². The quantitative estimate of drug-likeness (QED) is 0.824. The van der Waals surface area contributed by atoms with Gasteiger partial charge in [0.15, 0.2) is 0 Å². The molecular formula is C22H29N3O2. The minimum absolute atomic E-state index is 0.0704. The smallest absolute Gasteiger partial charge is 0.251 e. The number of ether oxygens (including phenoxy) is 1. The van der Waals surface area contributed by atoms with E-state index in [0.717, 1.165) is 30.8 Å². The van der Waals surface area contributed by atoms with Crippen LogP contribution in [0.25, 0.3) is 0 Å². The van der Waals surface area contributed by atoms with Crippen LogP contribution in [-0.4, -0.2) is 36.1 Å². The highest BCUT2D eigenvalue weighted by Gasteiger charge is 2.21. The molecule has 27 heavy (non-hydrogen) atoms. The second-order valence-electron chi connectivity index (χ2n) is 7.35. The highest BCUT2D eigenvalue weighted by Crippen LogP contribution is 2.15. The summed E-state index contributed by atoms with van der Waals surface area (Å²) in [7, 11) is 0. The molecule has 1 aliphatic rings. The molecule has 2 aromatic rings. The van der Waals surface area contributed by atoms with E-state index < -0.39 is 0 Å². The van der Waals surface area contributed by atoms with E-state index in [-0.39, 0.29) is 18.1 Å². The van der Waals surface area contributed by atoms with E-state index in [1.807, 2.05) is 24.3 Å². The summed E-state index contributed by atoms with van der Waals surface area (Å²) in [5.41, 5.74) is 9.63. The van der Waals surface area contributed by atoms with Crippen molar-refractivity contribution in [1.82, 2.24) is 10.2 Å². The molecule has 3 rings (SSSR count). The van der Waals surface area contributed by atoms with Crippen molar-refractivity contribution in [2.75, 3.05) is 13.1 Å². The Morgan fingerprint density at radius 3 is 2.15 bits per heavy atom. The summed E-state index contributed by atoms with van der Waals surface area (Å²) in [6.45, 7) is 8.10. The van der Waals surface area contributed by atoms with Crippen molar-refractivity contribution in [1.29, 1.82) is 0 Å². The third-order valence-electron chi connectivity index (χ3n) is 4.83. The van der Waals surface area contributed by atoms with Gasteiger partial charge in [0.2, 0.25) is 0 Å². The van der Waals surface area contributed by atoms with Crippen LogP contribution in [0.15, 0.2) is 48.5 Å². The molecule has 2 atom stereocenters. The van der Waals surface area contributed by atoms with Crippen LogP contribution in [-0.2, 0) is 24.4 Å². The van der Waals surface area contributed by atoms with Gasteiger partial charge in [0.1, 0.15) is 0 Å². The Bertz CT molecular complexity index is 733. The van der Waals surface area contributed by atoms with Crippen LogP contribution in [0.2, 0.25) is 0 Å². The number of nitrogens with two attached hydrogens (primary N) is 1. The van der Waals surface area contributed by atoms with Gasteiger partial charge in [-0.25, -0.2) is 0 Å². The van der Waals surface area contributed by atoms with E-state index in [2.05, 4.69) is 48.3 Å².